The number of aromatic nitrogens is 2. The van der Waals surface area contributed by atoms with E-state index in [1.807, 2.05) is 36.4 Å². The number of ether oxygens (including phenoxy) is 2. The summed E-state index contributed by atoms with van der Waals surface area (Å²) in [4.78, 5) is 6.68. The van der Waals surface area contributed by atoms with Crippen molar-refractivity contribution in [3.63, 3.8) is 0 Å². The molecule has 0 bridgehead atoms. The van der Waals surface area contributed by atoms with E-state index < -0.39 is 0 Å². The Kier molecular flexibility index (Phi) is 6.49. The lowest BCUT2D eigenvalue weighted by molar-refractivity contribution is 0.0375. The van der Waals surface area contributed by atoms with Gasteiger partial charge >= 0.3 is 0 Å². The molecule has 4 rings (SSSR count). The maximum atomic E-state index is 14.4. The quantitative estimate of drug-likeness (QED) is 0.577. The van der Waals surface area contributed by atoms with Crippen molar-refractivity contribution < 1.29 is 18.4 Å². The highest BCUT2D eigenvalue weighted by Crippen LogP contribution is 2.23. The van der Waals surface area contributed by atoms with Crippen LogP contribution in [0.3, 0.4) is 0 Å². The van der Waals surface area contributed by atoms with E-state index in [1.165, 1.54) is 6.07 Å². The van der Waals surface area contributed by atoms with E-state index in [4.69, 9.17) is 14.0 Å². The van der Waals surface area contributed by atoms with Gasteiger partial charge in [0, 0.05) is 13.1 Å². The summed E-state index contributed by atoms with van der Waals surface area (Å²) in [6.07, 6.45) is 1.87. The molecule has 6 nitrogen and oxygen atoms in total. The molecule has 29 heavy (non-hydrogen) atoms. The SMILES string of the molecule is Fc1ccc(CCCN2CCOCC2)cc1-c1noc(COc2ccccc2)n1. The highest BCUT2D eigenvalue weighted by atomic mass is 19.1. The first-order valence-electron chi connectivity index (χ1n) is 9.87. The Balaban J connectivity index is 1.36. The molecule has 1 aromatic heterocycles. The Labute approximate surface area is 169 Å². The first kappa shape index (κ1) is 19.5. The van der Waals surface area contributed by atoms with Crippen LogP contribution in [0.5, 0.6) is 5.75 Å². The minimum absolute atomic E-state index is 0.137. The lowest BCUT2D eigenvalue weighted by atomic mass is 10.1. The van der Waals surface area contributed by atoms with Crippen LogP contribution in [0.25, 0.3) is 11.4 Å². The summed E-state index contributed by atoms with van der Waals surface area (Å²) >= 11 is 0. The molecule has 0 spiro atoms. The Morgan fingerprint density at radius 2 is 1.90 bits per heavy atom. The zero-order chi connectivity index (χ0) is 19.9. The molecule has 2 heterocycles. The Morgan fingerprint density at radius 1 is 1.07 bits per heavy atom. The molecule has 0 radical (unpaired) electrons. The molecule has 2 aromatic carbocycles. The summed E-state index contributed by atoms with van der Waals surface area (Å²) in [5, 5.41) is 3.93. The van der Waals surface area contributed by atoms with E-state index in [0.29, 0.717) is 17.2 Å². The van der Waals surface area contributed by atoms with Gasteiger partial charge in [-0.1, -0.05) is 29.4 Å². The second-order valence-electron chi connectivity index (χ2n) is 6.99. The molecule has 0 N–H and O–H groups in total. The number of halogens is 1. The molecule has 0 aliphatic carbocycles. The van der Waals surface area contributed by atoms with Crippen molar-refractivity contribution in [1.82, 2.24) is 15.0 Å². The zero-order valence-electron chi connectivity index (χ0n) is 16.2. The van der Waals surface area contributed by atoms with Gasteiger partial charge in [0.15, 0.2) is 6.61 Å². The maximum Gasteiger partial charge on any atom is 0.264 e. The highest BCUT2D eigenvalue weighted by molar-refractivity contribution is 5.56. The second kappa shape index (κ2) is 9.62. The van der Waals surface area contributed by atoms with Gasteiger partial charge in [0.05, 0.1) is 18.8 Å². The molecule has 152 valence electrons. The summed E-state index contributed by atoms with van der Waals surface area (Å²) < 4.78 is 30.6. The van der Waals surface area contributed by atoms with Gasteiger partial charge in [-0.15, -0.1) is 0 Å². The fourth-order valence-corrected chi connectivity index (χ4v) is 3.32. The third kappa shape index (κ3) is 5.40. The normalized spacial score (nSPS) is 14.8. The largest absolute Gasteiger partial charge is 0.484 e. The molecular formula is C22H24FN3O3. The van der Waals surface area contributed by atoms with Crippen molar-refractivity contribution in [3.05, 3.63) is 65.8 Å². The average molecular weight is 397 g/mol. The van der Waals surface area contributed by atoms with Gasteiger partial charge in [0.2, 0.25) is 5.82 Å². The molecule has 3 aromatic rings. The van der Waals surface area contributed by atoms with E-state index in [1.54, 1.807) is 6.07 Å². The van der Waals surface area contributed by atoms with Gasteiger partial charge in [0.1, 0.15) is 11.6 Å². The third-order valence-electron chi connectivity index (χ3n) is 4.89. The Hall–Kier alpha value is -2.77. The van der Waals surface area contributed by atoms with Crippen molar-refractivity contribution in [2.75, 3.05) is 32.8 Å². The van der Waals surface area contributed by atoms with Gasteiger partial charge in [0.25, 0.3) is 5.89 Å². The fourth-order valence-electron chi connectivity index (χ4n) is 3.32. The van der Waals surface area contributed by atoms with Crippen LogP contribution in [0.1, 0.15) is 17.9 Å². The van der Waals surface area contributed by atoms with E-state index in [2.05, 4.69) is 15.0 Å². The van der Waals surface area contributed by atoms with Gasteiger partial charge in [-0.3, -0.25) is 4.90 Å². The van der Waals surface area contributed by atoms with Crippen molar-refractivity contribution in [1.29, 1.82) is 0 Å². The minimum Gasteiger partial charge on any atom is -0.484 e. The Morgan fingerprint density at radius 3 is 2.72 bits per heavy atom. The highest BCUT2D eigenvalue weighted by Gasteiger charge is 2.15. The van der Waals surface area contributed by atoms with Crippen molar-refractivity contribution in [3.8, 4) is 17.1 Å². The van der Waals surface area contributed by atoms with Crippen LogP contribution in [0.15, 0.2) is 53.1 Å². The first-order valence-corrected chi connectivity index (χ1v) is 9.87. The monoisotopic (exact) mass is 397 g/mol. The molecule has 0 amide bonds. The van der Waals surface area contributed by atoms with Crippen LogP contribution in [-0.4, -0.2) is 47.9 Å². The first-order chi connectivity index (χ1) is 14.3. The summed E-state index contributed by atoms with van der Waals surface area (Å²) in [6, 6.07) is 14.5. The number of rotatable bonds is 8. The van der Waals surface area contributed by atoms with E-state index in [9.17, 15) is 4.39 Å². The molecular weight excluding hydrogens is 373 g/mol. The molecule has 1 aliphatic heterocycles. The number of hydrogen-bond donors (Lipinski definition) is 0. The summed E-state index contributed by atoms with van der Waals surface area (Å²) in [6.45, 7) is 4.71. The predicted octanol–water partition coefficient (Wildman–Crippen LogP) is 3.72. The summed E-state index contributed by atoms with van der Waals surface area (Å²) in [5.74, 6) is 0.893. The molecule has 1 fully saturated rings. The van der Waals surface area contributed by atoms with Gasteiger partial charge in [-0.2, -0.15) is 4.98 Å². The number of benzene rings is 2. The minimum atomic E-state index is -0.363. The Bertz CT molecular complexity index is 911. The van der Waals surface area contributed by atoms with Crippen LogP contribution in [-0.2, 0) is 17.8 Å². The van der Waals surface area contributed by atoms with Gasteiger partial charge in [-0.05, 0) is 49.2 Å². The summed E-state index contributed by atoms with van der Waals surface area (Å²) in [7, 11) is 0. The number of para-hydroxylation sites is 1. The van der Waals surface area contributed by atoms with Crippen molar-refractivity contribution in [2.24, 2.45) is 0 Å². The smallest absolute Gasteiger partial charge is 0.264 e. The third-order valence-corrected chi connectivity index (χ3v) is 4.89. The second-order valence-corrected chi connectivity index (χ2v) is 6.99. The number of aryl methyl sites for hydroxylation is 1. The molecule has 0 saturated carbocycles. The molecule has 1 saturated heterocycles. The van der Waals surface area contributed by atoms with Gasteiger partial charge < -0.3 is 14.0 Å². The van der Waals surface area contributed by atoms with Crippen LogP contribution in [0.2, 0.25) is 0 Å². The standard InChI is InChI=1S/C22H24FN3O3/c23-20-9-8-17(5-4-10-26-11-13-27-14-12-26)15-19(20)22-24-21(29-25-22)16-28-18-6-2-1-3-7-18/h1-3,6-9,15H,4-5,10-14,16H2. The van der Waals surface area contributed by atoms with Gasteiger partial charge in [-0.25, -0.2) is 4.39 Å². The lowest BCUT2D eigenvalue weighted by Crippen LogP contribution is -2.36. The maximum absolute atomic E-state index is 14.4. The number of nitrogens with zero attached hydrogens (tertiary/aromatic N) is 3. The predicted molar refractivity (Wildman–Crippen MR) is 106 cm³/mol. The molecule has 1 aliphatic rings. The van der Waals surface area contributed by atoms with Crippen LogP contribution >= 0.6 is 0 Å². The van der Waals surface area contributed by atoms with Crippen molar-refractivity contribution in [2.45, 2.75) is 19.4 Å². The average Bonchev–Trinajstić information content (AvgIpc) is 3.24. The fraction of sp³-hybridized carbons (Fsp3) is 0.364. The number of hydrogen-bond acceptors (Lipinski definition) is 6. The molecule has 0 atom stereocenters. The van der Waals surface area contributed by atoms with Crippen LogP contribution in [0, 0.1) is 5.82 Å². The van der Waals surface area contributed by atoms with E-state index in [0.717, 1.165) is 51.3 Å². The topological polar surface area (TPSA) is 60.6 Å². The summed E-state index contributed by atoms with van der Waals surface area (Å²) in [5.41, 5.74) is 1.41. The number of morpholine rings is 1. The zero-order valence-corrected chi connectivity index (χ0v) is 16.2. The van der Waals surface area contributed by atoms with Crippen LogP contribution in [0.4, 0.5) is 4.39 Å². The lowest BCUT2D eigenvalue weighted by Gasteiger charge is -2.26. The van der Waals surface area contributed by atoms with E-state index in [-0.39, 0.29) is 18.2 Å². The van der Waals surface area contributed by atoms with Crippen LogP contribution < -0.4 is 4.74 Å². The molecule has 0 unspecified atom stereocenters. The molecule has 7 heteroatoms. The van der Waals surface area contributed by atoms with Crippen molar-refractivity contribution >= 4 is 0 Å². The van der Waals surface area contributed by atoms with E-state index >= 15 is 0 Å².